The largest absolute Gasteiger partial charge is 0.503 e. The Hall–Kier alpha value is -3.49. The molecule has 2 aromatic rings. The van der Waals surface area contributed by atoms with Crippen LogP contribution in [0.5, 0.6) is 0 Å². The summed E-state index contributed by atoms with van der Waals surface area (Å²) < 4.78 is 53.0. The van der Waals surface area contributed by atoms with Crippen LogP contribution in [0.3, 0.4) is 0 Å². The topological polar surface area (TPSA) is 73.9 Å². The maximum Gasteiger partial charge on any atom is 0.416 e. The average molecular weight is 409 g/mol. The number of carbonyl (C=O) groups is 2. The summed E-state index contributed by atoms with van der Waals surface area (Å²) in [5.74, 6) is -0.646. The number of methoxy groups -OCH3 is 2. The van der Waals surface area contributed by atoms with Gasteiger partial charge in [-0.25, -0.2) is 9.59 Å². The van der Waals surface area contributed by atoms with Crippen LogP contribution in [0, 0.1) is 0 Å². The number of alkyl halides is 3. The highest BCUT2D eigenvalue weighted by molar-refractivity contribution is 6.16. The number of amides is 1. The van der Waals surface area contributed by atoms with E-state index in [1.807, 2.05) is 0 Å². The van der Waals surface area contributed by atoms with Crippen LogP contribution in [0.25, 0.3) is 5.57 Å². The second kappa shape index (κ2) is 9.63. The third kappa shape index (κ3) is 6.00. The molecule has 0 heterocycles. The van der Waals surface area contributed by atoms with E-state index in [4.69, 9.17) is 14.2 Å². The highest BCUT2D eigenvalue weighted by Gasteiger charge is 2.30. The van der Waals surface area contributed by atoms with Crippen molar-refractivity contribution in [3.63, 3.8) is 0 Å². The molecule has 0 aromatic heterocycles. The number of ether oxygens (including phenoxy) is 3. The molecule has 0 radical (unpaired) electrons. The van der Waals surface area contributed by atoms with Gasteiger partial charge in [0.15, 0.2) is 0 Å². The van der Waals surface area contributed by atoms with E-state index in [0.717, 1.165) is 12.1 Å². The Bertz CT molecular complexity index is 909. The molecule has 0 saturated heterocycles. The zero-order chi connectivity index (χ0) is 21.4. The zero-order valence-electron chi connectivity index (χ0n) is 15.6. The molecular weight excluding hydrogens is 391 g/mol. The summed E-state index contributed by atoms with van der Waals surface area (Å²) in [6.07, 6.45) is -4.28. The van der Waals surface area contributed by atoms with Crippen molar-refractivity contribution in [2.75, 3.05) is 19.5 Å². The van der Waals surface area contributed by atoms with Gasteiger partial charge in [0.25, 0.3) is 0 Å². The van der Waals surface area contributed by atoms with E-state index >= 15 is 0 Å². The van der Waals surface area contributed by atoms with Crippen molar-refractivity contribution in [3.05, 3.63) is 71.5 Å². The Morgan fingerprint density at radius 3 is 2.45 bits per heavy atom. The van der Waals surface area contributed by atoms with Crippen molar-refractivity contribution >= 4 is 23.3 Å². The first kappa shape index (κ1) is 21.8. The molecule has 0 fully saturated rings. The molecular formula is C20H18F3NO5. The number of halogens is 3. The van der Waals surface area contributed by atoms with Crippen molar-refractivity contribution in [1.82, 2.24) is 0 Å². The number of hydrogen-bond acceptors (Lipinski definition) is 5. The van der Waals surface area contributed by atoms with Gasteiger partial charge in [-0.2, -0.15) is 13.2 Å². The first-order valence-electron chi connectivity index (χ1n) is 8.27. The lowest BCUT2D eigenvalue weighted by Crippen LogP contribution is -2.15. The third-order valence-corrected chi connectivity index (χ3v) is 3.74. The summed E-state index contributed by atoms with van der Waals surface area (Å²) >= 11 is 0. The van der Waals surface area contributed by atoms with E-state index < -0.39 is 23.8 Å². The lowest BCUT2D eigenvalue weighted by molar-refractivity contribution is -0.137. The lowest BCUT2D eigenvalue weighted by Gasteiger charge is -2.13. The van der Waals surface area contributed by atoms with Crippen LogP contribution in [0.4, 0.5) is 23.7 Å². The van der Waals surface area contributed by atoms with E-state index in [0.29, 0.717) is 11.1 Å². The van der Waals surface area contributed by atoms with Crippen LogP contribution in [-0.4, -0.2) is 26.3 Å². The molecule has 29 heavy (non-hydrogen) atoms. The summed E-state index contributed by atoms with van der Waals surface area (Å²) in [5, 5.41) is 2.24. The van der Waals surface area contributed by atoms with E-state index in [1.54, 1.807) is 24.3 Å². The Morgan fingerprint density at radius 1 is 1.07 bits per heavy atom. The maximum absolute atomic E-state index is 12.8. The van der Waals surface area contributed by atoms with Gasteiger partial charge in [0.2, 0.25) is 0 Å². The van der Waals surface area contributed by atoms with E-state index in [-0.39, 0.29) is 17.9 Å². The molecule has 9 heteroatoms. The monoisotopic (exact) mass is 409 g/mol. The van der Waals surface area contributed by atoms with Crippen LogP contribution in [0.2, 0.25) is 0 Å². The fourth-order valence-electron chi connectivity index (χ4n) is 2.43. The van der Waals surface area contributed by atoms with Crippen molar-refractivity contribution < 1.29 is 37.0 Å². The molecule has 0 saturated carbocycles. The first-order chi connectivity index (χ1) is 13.8. The predicted molar refractivity (Wildman–Crippen MR) is 98.7 cm³/mol. The number of nitrogens with one attached hydrogen (secondary N) is 1. The highest BCUT2D eigenvalue weighted by Crippen LogP contribution is 2.30. The van der Waals surface area contributed by atoms with Crippen LogP contribution in [-0.2, 0) is 31.8 Å². The standard InChI is InChI=1S/C20H18F3NO5/c1-27-12-17(18(25)28-2)16-9-4-3-6-13(16)11-29-19(26)24-15-8-5-7-14(10-15)20(21,22)23/h3-10,12H,11H2,1-2H3,(H,24,26). The maximum atomic E-state index is 12.8. The van der Waals surface area contributed by atoms with Gasteiger partial charge in [0.05, 0.1) is 26.0 Å². The fraction of sp³-hybridized carbons (Fsp3) is 0.200. The molecule has 2 aromatic carbocycles. The summed E-state index contributed by atoms with van der Waals surface area (Å²) in [5.41, 5.74) is 0.0571. The molecule has 2 rings (SSSR count). The van der Waals surface area contributed by atoms with Gasteiger partial charge in [-0.1, -0.05) is 30.3 Å². The predicted octanol–water partition coefficient (Wildman–Crippen LogP) is 4.61. The minimum absolute atomic E-state index is 0.0624. The summed E-state index contributed by atoms with van der Waals surface area (Å²) in [6, 6.07) is 10.8. The number of hydrogen-bond donors (Lipinski definition) is 1. The van der Waals surface area contributed by atoms with Crippen LogP contribution in [0.1, 0.15) is 16.7 Å². The number of rotatable bonds is 6. The molecule has 0 spiro atoms. The molecule has 0 unspecified atom stereocenters. The molecule has 1 amide bonds. The Morgan fingerprint density at radius 2 is 1.79 bits per heavy atom. The molecule has 0 aliphatic carbocycles. The van der Waals surface area contributed by atoms with Crippen LogP contribution in [0.15, 0.2) is 54.8 Å². The fourth-order valence-corrected chi connectivity index (χ4v) is 2.43. The Labute approximate surface area is 164 Å². The van der Waals surface area contributed by atoms with Gasteiger partial charge in [-0.3, -0.25) is 5.32 Å². The molecule has 0 aliphatic heterocycles. The average Bonchev–Trinajstić information content (AvgIpc) is 2.70. The Kier molecular flexibility index (Phi) is 7.24. The quantitative estimate of drug-likeness (QED) is 0.428. The number of anilines is 1. The highest BCUT2D eigenvalue weighted by atomic mass is 19.4. The zero-order valence-corrected chi connectivity index (χ0v) is 15.6. The number of carbonyl (C=O) groups excluding carboxylic acids is 2. The number of esters is 1. The van der Waals surface area contributed by atoms with Gasteiger partial charge in [-0.15, -0.1) is 0 Å². The smallest absolute Gasteiger partial charge is 0.416 e. The lowest BCUT2D eigenvalue weighted by atomic mass is 10.0. The Balaban J connectivity index is 2.12. The van der Waals surface area contributed by atoms with Gasteiger partial charge in [0, 0.05) is 5.69 Å². The van der Waals surface area contributed by atoms with Crippen LogP contribution >= 0.6 is 0 Å². The summed E-state index contributed by atoms with van der Waals surface area (Å²) in [7, 11) is 2.58. The van der Waals surface area contributed by atoms with Gasteiger partial charge in [-0.05, 0) is 29.3 Å². The molecule has 0 aliphatic rings. The third-order valence-electron chi connectivity index (χ3n) is 3.74. The van der Waals surface area contributed by atoms with E-state index in [1.165, 1.54) is 32.6 Å². The molecule has 1 N–H and O–H groups in total. The second-order valence-electron chi connectivity index (χ2n) is 5.70. The molecule has 0 atom stereocenters. The van der Waals surface area contributed by atoms with E-state index in [2.05, 4.69) is 5.32 Å². The first-order valence-corrected chi connectivity index (χ1v) is 8.27. The SMILES string of the molecule is COC=C(C(=O)OC)c1ccccc1COC(=O)Nc1cccc(C(F)(F)F)c1. The summed E-state index contributed by atoms with van der Waals surface area (Å²) in [4.78, 5) is 24.0. The second-order valence-corrected chi connectivity index (χ2v) is 5.70. The minimum Gasteiger partial charge on any atom is -0.503 e. The minimum atomic E-state index is -4.53. The molecule has 6 nitrogen and oxygen atoms in total. The van der Waals surface area contributed by atoms with Gasteiger partial charge in [0.1, 0.15) is 12.2 Å². The summed E-state index contributed by atoms with van der Waals surface area (Å²) in [6.45, 7) is -0.237. The van der Waals surface area contributed by atoms with Gasteiger partial charge < -0.3 is 14.2 Å². The van der Waals surface area contributed by atoms with Gasteiger partial charge >= 0.3 is 18.2 Å². The van der Waals surface area contributed by atoms with Crippen molar-refractivity contribution in [2.45, 2.75) is 12.8 Å². The van der Waals surface area contributed by atoms with E-state index in [9.17, 15) is 22.8 Å². The molecule has 0 bridgehead atoms. The number of benzene rings is 2. The van der Waals surface area contributed by atoms with Crippen molar-refractivity contribution in [2.24, 2.45) is 0 Å². The normalized spacial score (nSPS) is 11.6. The van der Waals surface area contributed by atoms with Crippen molar-refractivity contribution in [1.29, 1.82) is 0 Å². The van der Waals surface area contributed by atoms with Crippen molar-refractivity contribution in [3.8, 4) is 0 Å². The van der Waals surface area contributed by atoms with Crippen LogP contribution < -0.4 is 5.32 Å². The molecule has 154 valence electrons.